The summed E-state index contributed by atoms with van der Waals surface area (Å²) in [5, 5.41) is 15.2. The number of likely N-dealkylation sites (tertiary alicyclic amines) is 1. The van der Waals surface area contributed by atoms with E-state index in [1.54, 1.807) is 22.9 Å². The number of carboxylic acids is 1. The summed E-state index contributed by atoms with van der Waals surface area (Å²) in [6, 6.07) is 17.2. The third-order valence-corrected chi connectivity index (χ3v) is 8.91. The number of nitrogens with zero attached hydrogens (tertiary/aromatic N) is 6. The molecule has 2 aliphatic heterocycles. The second kappa shape index (κ2) is 11.6. The van der Waals surface area contributed by atoms with Gasteiger partial charge in [-0.1, -0.05) is 23.7 Å². The van der Waals surface area contributed by atoms with Gasteiger partial charge in [0, 0.05) is 36.7 Å². The number of aromatic nitrogens is 5. The number of carboxylic acid groups (broad SMARTS) is 1. The van der Waals surface area contributed by atoms with Gasteiger partial charge in [-0.25, -0.2) is 14.8 Å². The molecule has 1 atom stereocenters. The molecule has 0 saturated carbocycles. The Morgan fingerprint density at radius 1 is 1.07 bits per heavy atom. The van der Waals surface area contributed by atoms with Gasteiger partial charge in [0.15, 0.2) is 5.15 Å². The largest absolute Gasteiger partial charge is 0.478 e. The van der Waals surface area contributed by atoms with Crippen molar-refractivity contribution in [3.8, 4) is 5.88 Å². The number of hydrogen-bond donors (Lipinski definition) is 1. The van der Waals surface area contributed by atoms with Gasteiger partial charge in [0.1, 0.15) is 12.4 Å². The molecular weight excluding hydrogens is 568 g/mol. The maximum Gasteiger partial charge on any atom is 0.335 e. The number of fused-ring (bicyclic) bond motifs is 2. The van der Waals surface area contributed by atoms with Gasteiger partial charge >= 0.3 is 5.97 Å². The lowest BCUT2D eigenvalue weighted by molar-refractivity contribution is -0.0592. The summed E-state index contributed by atoms with van der Waals surface area (Å²) in [6.07, 6.45) is 3.13. The second-order valence-electron chi connectivity index (χ2n) is 11.4. The molecule has 0 bridgehead atoms. The first kappa shape index (κ1) is 27.8. The fourth-order valence-electron chi connectivity index (χ4n) is 6.09. The molecule has 0 unspecified atom stereocenters. The van der Waals surface area contributed by atoms with Gasteiger partial charge in [-0.2, -0.15) is 5.10 Å². The van der Waals surface area contributed by atoms with Crippen molar-refractivity contribution in [3.63, 3.8) is 0 Å². The van der Waals surface area contributed by atoms with Crippen molar-refractivity contribution in [3.05, 3.63) is 82.4 Å². The van der Waals surface area contributed by atoms with E-state index in [0.29, 0.717) is 36.6 Å². The van der Waals surface area contributed by atoms with Crippen LogP contribution in [0.25, 0.3) is 21.9 Å². The number of ether oxygens (including phenoxy) is 2. The number of aryl methyl sites for hydroxylation is 1. The highest BCUT2D eigenvalue weighted by Crippen LogP contribution is 2.30. The summed E-state index contributed by atoms with van der Waals surface area (Å²) in [4.78, 5) is 23.8. The molecule has 0 amide bonds. The molecule has 43 heavy (non-hydrogen) atoms. The fourth-order valence-corrected chi connectivity index (χ4v) is 6.37. The van der Waals surface area contributed by atoms with Gasteiger partial charge in [-0.15, -0.1) is 0 Å². The van der Waals surface area contributed by atoms with Crippen molar-refractivity contribution in [1.29, 1.82) is 0 Å². The zero-order chi connectivity index (χ0) is 29.5. The normalized spacial score (nSPS) is 17.9. The number of hydrogen-bond acceptors (Lipinski definition) is 7. The molecule has 3 aromatic heterocycles. The number of benzene rings is 2. The minimum Gasteiger partial charge on any atom is -0.478 e. The van der Waals surface area contributed by atoms with E-state index in [9.17, 15) is 9.90 Å². The Balaban J connectivity index is 1.00. The van der Waals surface area contributed by atoms with Crippen LogP contribution in [0.3, 0.4) is 0 Å². The van der Waals surface area contributed by atoms with Crippen LogP contribution in [0.15, 0.2) is 54.6 Å². The summed E-state index contributed by atoms with van der Waals surface area (Å²) in [7, 11) is 1.88. The quantitative estimate of drug-likeness (QED) is 0.239. The highest BCUT2D eigenvalue weighted by atomic mass is 35.5. The molecule has 222 valence electrons. The number of halogens is 1. The zero-order valence-corrected chi connectivity index (χ0v) is 24.7. The number of carbonyl (C=O) groups is 1. The van der Waals surface area contributed by atoms with Crippen LogP contribution in [0.5, 0.6) is 5.88 Å². The van der Waals surface area contributed by atoms with E-state index in [4.69, 9.17) is 31.0 Å². The Kier molecular flexibility index (Phi) is 7.50. The third kappa shape index (κ3) is 5.70. The summed E-state index contributed by atoms with van der Waals surface area (Å²) in [5.41, 5.74) is 5.00. The van der Waals surface area contributed by atoms with Crippen LogP contribution in [0.2, 0.25) is 5.15 Å². The van der Waals surface area contributed by atoms with Crippen molar-refractivity contribution in [2.75, 3.05) is 19.7 Å². The Bertz CT molecular complexity index is 1800. The topological polar surface area (TPSA) is 108 Å². The van der Waals surface area contributed by atoms with E-state index in [0.717, 1.165) is 78.0 Å². The summed E-state index contributed by atoms with van der Waals surface area (Å²) < 4.78 is 15.7. The first-order valence-electron chi connectivity index (χ1n) is 14.7. The smallest absolute Gasteiger partial charge is 0.335 e. The van der Waals surface area contributed by atoms with Gasteiger partial charge in [-0.05, 0) is 74.3 Å². The Morgan fingerprint density at radius 2 is 1.91 bits per heavy atom. The van der Waals surface area contributed by atoms with Gasteiger partial charge in [0.2, 0.25) is 5.88 Å². The molecule has 0 radical (unpaired) electrons. The third-order valence-electron chi connectivity index (χ3n) is 8.63. The van der Waals surface area contributed by atoms with Crippen LogP contribution in [0.1, 0.15) is 52.6 Å². The minimum atomic E-state index is -0.933. The van der Waals surface area contributed by atoms with E-state index in [2.05, 4.69) is 20.6 Å². The van der Waals surface area contributed by atoms with Gasteiger partial charge in [0.25, 0.3) is 0 Å². The summed E-state index contributed by atoms with van der Waals surface area (Å²) >= 11 is 6.20. The molecular formula is C32H33ClN6O4. The van der Waals surface area contributed by atoms with Crippen molar-refractivity contribution >= 4 is 39.5 Å². The van der Waals surface area contributed by atoms with E-state index in [-0.39, 0.29) is 11.7 Å². The van der Waals surface area contributed by atoms with Gasteiger partial charge < -0.3 is 19.1 Å². The highest BCUT2D eigenvalue weighted by Gasteiger charge is 2.26. The predicted octanol–water partition coefficient (Wildman–Crippen LogP) is 5.42. The van der Waals surface area contributed by atoms with Gasteiger partial charge in [0.05, 0.1) is 41.3 Å². The SMILES string of the molecule is Cn1nc(Cl)c2ccc(COc3cccc(C4CCN(Cc5nc6ccc(C(=O)O)cc6n5C[C@@H]5CCO5)CC4)n3)cc21. The maximum atomic E-state index is 11.6. The van der Waals surface area contributed by atoms with Crippen LogP contribution in [-0.4, -0.2) is 66.1 Å². The van der Waals surface area contributed by atoms with E-state index < -0.39 is 5.97 Å². The molecule has 10 nitrogen and oxygen atoms in total. The standard InChI is InChI=1S/C32H33ClN6O4/c1-37-27-15-20(5-7-24(27)31(33)36-37)19-43-30-4-2-3-25(35-30)21-9-12-38(13-10-21)18-29-34-26-8-6-22(32(40)41)16-28(26)39(29)17-23-11-14-42-23/h2-8,15-16,21,23H,9-14,17-19H2,1H3,(H,40,41)/t23-/m0/s1. The van der Waals surface area contributed by atoms with Crippen LogP contribution >= 0.6 is 11.6 Å². The lowest BCUT2D eigenvalue weighted by Crippen LogP contribution is -2.35. The zero-order valence-electron chi connectivity index (χ0n) is 23.9. The molecule has 2 saturated heterocycles. The molecule has 0 aliphatic carbocycles. The first-order valence-corrected chi connectivity index (χ1v) is 15.1. The van der Waals surface area contributed by atoms with E-state index >= 15 is 0 Å². The monoisotopic (exact) mass is 600 g/mol. The molecule has 0 spiro atoms. The molecule has 2 aliphatic rings. The number of pyridine rings is 1. The number of piperidine rings is 1. The van der Waals surface area contributed by atoms with Crippen LogP contribution < -0.4 is 4.74 Å². The molecule has 7 rings (SSSR count). The number of rotatable bonds is 9. The summed E-state index contributed by atoms with van der Waals surface area (Å²) in [6.45, 7) is 4.43. The van der Waals surface area contributed by atoms with Gasteiger partial charge in [-0.3, -0.25) is 9.58 Å². The Hall–Kier alpha value is -3.99. The maximum absolute atomic E-state index is 11.6. The van der Waals surface area contributed by atoms with E-state index in [1.807, 2.05) is 37.4 Å². The molecule has 2 aromatic carbocycles. The molecule has 2 fully saturated rings. The lowest BCUT2D eigenvalue weighted by Gasteiger charge is -2.32. The first-order chi connectivity index (χ1) is 20.9. The second-order valence-corrected chi connectivity index (χ2v) is 11.8. The van der Waals surface area contributed by atoms with Crippen molar-refractivity contribution in [2.45, 2.75) is 51.0 Å². The van der Waals surface area contributed by atoms with Crippen LogP contribution in [0, 0.1) is 0 Å². The van der Waals surface area contributed by atoms with E-state index in [1.165, 1.54) is 0 Å². The molecule has 5 heterocycles. The number of imidazole rings is 1. The predicted molar refractivity (Wildman–Crippen MR) is 163 cm³/mol. The Morgan fingerprint density at radius 3 is 2.67 bits per heavy atom. The molecule has 11 heteroatoms. The van der Waals surface area contributed by atoms with Crippen molar-refractivity contribution in [2.24, 2.45) is 7.05 Å². The average Bonchev–Trinajstić information content (AvgIpc) is 3.48. The van der Waals surface area contributed by atoms with Crippen molar-refractivity contribution < 1.29 is 19.4 Å². The highest BCUT2D eigenvalue weighted by molar-refractivity contribution is 6.34. The Labute approximate surface area is 253 Å². The minimum absolute atomic E-state index is 0.146. The average molecular weight is 601 g/mol. The number of aromatic carboxylic acids is 1. The molecule has 5 aromatic rings. The fraction of sp³-hybridized carbons (Fsp3) is 0.375. The van der Waals surface area contributed by atoms with Crippen molar-refractivity contribution in [1.82, 2.24) is 29.2 Å². The molecule has 1 N–H and O–H groups in total. The van der Waals surface area contributed by atoms with Crippen LogP contribution in [0.4, 0.5) is 0 Å². The lowest BCUT2D eigenvalue weighted by atomic mass is 9.93. The van der Waals surface area contributed by atoms with Crippen LogP contribution in [-0.2, 0) is 31.5 Å². The summed E-state index contributed by atoms with van der Waals surface area (Å²) in [5.74, 6) is 0.994.